The lowest BCUT2D eigenvalue weighted by Gasteiger charge is -2.33. The van der Waals surface area contributed by atoms with Crippen molar-refractivity contribution in [2.45, 2.75) is 85.4 Å². The van der Waals surface area contributed by atoms with Crippen molar-refractivity contribution in [1.82, 2.24) is 9.88 Å². The zero-order valence-corrected chi connectivity index (χ0v) is 24.1. The van der Waals surface area contributed by atoms with Gasteiger partial charge in [0.2, 0.25) is 0 Å². The predicted molar refractivity (Wildman–Crippen MR) is 152 cm³/mol. The summed E-state index contributed by atoms with van der Waals surface area (Å²) in [5, 5.41) is 4.68. The minimum atomic E-state index is -0.559. The summed E-state index contributed by atoms with van der Waals surface area (Å²) < 4.78 is 12.9. The van der Waals surface area contributed by atoms with Crippen LogP contribution in [0.1, 0.15) is 86.5 Å². The van der Waals surface area contributed by atoms with E-state index in [1.54, 1.807) is 4.57 Å². The molecule has 2 aromatic carbocycles. The van der Waals surface area contributed by atoms with Crippen LogP contribution in [0.15, 0.2) is 42.6 Å². The van der Waals surface area contributed by atoms with E-state index in [-0.39, 0.29) is 12.1 Å². The molecule has 2 atom stereocenters. The standard InChI is InChI=1S/C32H42N2O4/c1-20-17-21(2)28-25(14-16-34(28)30(36)38-32(6,7)8)26(20)18-24-13-15-33-19-27(24)22-9-11-23(12-10-22)29(35)37-31(3,4)5/h9-12,14,16-17,24,27,33H,13,15,18-19H2,1-8H3/t24-,27-/m0/s1. The Kier molecular flexibility index (Phi) is 7.76. The number of benzene rings is 2. The average molecular weight is 519 g/mol. The van der Waals surface area contributed by atoms with Crippen LogP contribution in [-0.4, -0.2) is 40.9 Å². The zero-order chi connectivity index (χ0) is 27.8. The van der Waals surface area contributed by atoms with Crippen molar-refractivity contribution in [2.24, 2.45) is 5.92 Å². The van der Waals surface area contributed by atoms with Gasteiger partial charge in [-0.3, -0.25) is 4.57 Å². The van der Waals surface area contributed by atoms with Crippen LogP contribution < -0.4 is 5.32 Å². The van der Waals surface area contributed by atoms with Gasteiger partial charge in [-0.2, -0.15) is 0 Å². The van der Waals surface area contributed by atoms with Gasteiger partial charge in [0.05, 0.1) is 11.1 Å². The van der Waals surface area contributed by atoms with Crippen LogP contribution in [0.4, 0.5) is 4.79 Å². The quantitative estimate of drug-likeness (QED) is 0.379. The third-order valence-corrected chi connectivity index (χ3v) is 7.15. The maximum atomic E-state index is 13.0. The Morgan fingerprint density at radius 1 is 0.947 bits per heavy atom. The number of piperidine rings is 1. The van der Waals surface area contributed by atoms with E-state index in [0.29, 0.717) is 17.4 Å². The summed E-state index contributed by atoms with van der Waals surface area (Å²) in [6.45, 7) is 17.4. The van der Waals surface area contributed by atoms with Crippen LogP contribution in [-0.2, 0) is 15.9 Å². The third-order valence-electron chi connectivity index (χ3n) is 7.15. The van der Waals surface area contributed by atoms with Gasteiger partial charge in [0.25, 0.3) is 0 Å². The molecule has 0 spiro atoms. The summed E-state index contributed by atoms with van der Waals surface area (Å²) in [6.07, 6.45) is 3.46. The van der Waals surface area contributed by atoms with Crippen LogP contribution >= 0.6 is 0 Å². The molecule has 6 heteroatoms. The summed E-state index contributed by atoms with van der Waals surface area (Å²) in [7, 11) is 0. The second-order valence-corrected chi connectivity index (χ2v) is 12.6. The Morgan fingerprint density at radius 3 is 2.24 bits per heavy atom. The Balaban J connectivity index is 1.62. The molecule has 0 saturated carbocycles. The molecule has 6 nitrogen and oxygen atoms in total. The molecule has 1 fully saturated rings. The van der Waals surface area contributed by atoms with E-state index in [1.807, 2.05) is 59.9 Å². The number of carbonyl (C=O) groups excluding carboxylic acids is 2. The number of ether oxygens (including phenoxy) is 2. The summed E-state index contributed by atoms with van der Waals surface area (Å²) in [4.78, 5) is 25.5. The van der Waals surface area contributed by atoms with Crippen molar-refractivity contribution < 1.29 is 19.1 Å². The van der Waals surface area contributed by atoms with Gasteiger partial charge in [0.1, 0.15) is 11.2 Å². The van der Waals surface area contributed by atoms with Gasteiger partial charge in [0, 0.05) is 18.1 Å². The number of nitrogens with zero attached hydrogens (tertiary/aromatic N) is 1. The van der Waals surface area contributed by atoms with Gasteiger partial charge in [-0.1, -0.05) is 18.2 Å². The zero-order valence-electron chi connectivity index (χ0n) is 24.1. The van der Waals surface area contributed by atoms with Crippen LogP contribution in [0.25, 0.3) is 10.9 Å². The van der Waals surface area contributed by atoms with Crippen molar-refractivity contribution in [3.8, 4) is 0 Å². The van der Waals surface area contributed by atoms with Gasteiger partial charge < -0.3 is 14.8 Å². The Hall–Kier alpha value is -3.12. The summed E-state index contributed by atoms with van der Waals surface area (Å²) in [6, 6.07) is 12.1. The Morgan fingerprint density at radius 2 is 1.61 bits per heavy atom. The van der Waals surface area contributed by atoms with E-state index < -0.39 is 11.2 Å². The number of fused-ring (bicyclic) bond motifs is 1. The van der Waals surface area contributed by atoms with Gasteiger partial charge in [-0.25, -0.2) is 9.59 Å². The van der Waals surface area contributed by atoms with Gasteiger partial charge in [-0.15, -0.1) is 0 Å². The highest BCUT2D eigenvalue weighted by molar-refractivity contribution is 5.94. The lowest BCUT2D eigenvalue weighted by Crippen LogP contribution is -2.36. The highest BCUT2D eigenvalue weighted by Gasteiger charge is 2.29. The summed E-state index contributed by atoms with van der Waals surface area (Å²) in [5.74, 6) is 0.452. The van der Waals surface area contributed by atoms with Crippen molar-refractivity contribution >= 4 is 23.0 Å². The highest BCUT2D eigenvalue weighted by Crippen LogP contribution is 2.36. The number of rotatable bonds is 4. The normalized spacial score (nSPS) is 18.4. The maximum absolute atomic E-state index is 13.0. The third kappa shape index (κ3) is 6.29. The van der Waals surface area contributed by atoms with E-state index >= 15 is 0 Å². The van der Waals surface area contributed by atoms with E-state index in [4.69, 9.17) is 9.47 Å². The van der Waals surface area contributed by atoms with Gasteiger partial charge in [-0.05, 0) is 127 Å². The maximum Gasteiger partial charge on any atom is 0.418 e. The lowest BCUT2D eigenvalue weighted by atomic mass is 9.77. The number of hydrogen-bond acceptors (Lipinski definition) is 5. The monoisotopic (exact) mass is 518 g/mol. The fraction of sp³-hybridized carbons (Fsp3) is 0.500. The fourth-order valence-corrected chi connectivity index (χ4v) is 5.52. The van der Waals surface area contributed by atoms with Crippen LogP contribution in [0.2, 0.25) is 0 Å². The molecule has 1 aliphatic heterocycles. The molecule has 1 aliphatic rings. The largest absolute Gasteiger partial charge is 0.456 e. The summed E-state index contributed by atoms with van der Waals surface area (Å²) in [5.41, 5.74) is 5.24. The van der Waals surface area contributed by atoms with E-state index in [9.17, 15) is 9.59 Å². The van der Waals surface area contributed by atoms with Crippen molar-refractivity contribution in [1.29, 1.82) is 0 Å². The first kappa shape index (κ1) is 27.9. The molecular formula is C32H42N2O4. The number of hydrogen-bond donors (Lipinski definition) is 1. The molecule has 1 saturated heterocycles. The van der Waals surface area contributed by atoms with Crippen LogP contribution in [0.5, 0.6) is 0 Å². The molecule has 38 heavy (non-hydrogen) atoms. The molecule has 1 N–H and O–H groups in total. The number of aromatic nitrogens is 1. The number of esters is 1. The molecule has 2 heterocycles. The molecule has 0 amide bonds. The van der Waals surface area contributed by atoms with Crippen molar-refractivity contribution in [3.05, 3.63) is 70.4 Å². The first-order valence-corrected chi connectivity index (χ1v) is 13.6. The van der Waals surface area contributed by atoms with Gasteiger partial charge >= 0.3 is 12.1 Å². The lowest BCUT2D eigenvalue weighted by molar-refractivity contribution is 0.00692. The smallest absolute Gasteiger partial charge is 0.418 e. The van der Waals surface area contributed by atoms with Crippen LogP contribution in [0, 0.1) is 19.8 Å². The van der Waals surface area contributed by atoms with E-state index in [2.05, 4.69) is 43.4 Å². The first-order valence-electron chi connectivity index (χ1n) is 13.6. The highest BCUT2D eigenvalue weighted by atomic mass is 16.6. The Bertz CT molecular complexity index is 1320. The molecule has 0 aliphatic carbocycles. The number of carbonyl (C=O) groups is 2. The number of aryl methyl sites for hydroxylation is 2. The molecule has 0 radical (unpaired) electrons. The topological polar surface area (TPSA) is 69.6 Å². The predicted octanol–water partition coefficient (Wildman–Crippen LogP) is 6.93. The Labute approximate surface area is 226 Å². The van der Waals surface area contributed by atoms with Crippen molar-refractivity contribution in [2.75, 3.05) is 13.1 Å². The molecule has 204 valence electrons. The number of nitrogens with one attached hydrogen (secondary N) is 1. The molecule has 3 aromatic rings. The minimum Gasteiger partial charge on any atom is -0.456 e. The molecular weight excluding hydrogens is 476 g/mol. The SMILES string of the molecule is Cc1cc(C)c2c(ccn2C(=O)OC(C)(C)C)c1C[C@@H]1CCNC[C@H]1c1ccc(C(=O)OC(C)(C)C)cc1. The van der Waals surface area contributed by atoms with Crippen LogP contribution in [0.3, 0.4) is 0 Å². The van der Waals surface area contributed by atoms with Gasteiger partial charge in [0.15, 0.2) is 0 Å². The molecule has 4 rings (SSSR count). The second kappa shape index (κ2) is 10.6. The van der Waals surface area contributed by atoms with E-state index in [0.717, 1.165) is 42.4 Å². The molecule has 0 unspecified atom stereocenters. The molecule has 1 aromatic heterocycles. The average Bonchev–Trinajstić information content (AvgIpc) is 3.26. The minimum absolute atomic E-state index is 0.297. The first-order chi connectivity index (χ1) is 17.7. The fourth-order valence-electron chi connectivity index (χ4n) is 5.52. The second-order valence-electron chi connectivity index (χ2n) is 12.6. The molecule has 0 bridgehead atoms. The van der Waals surface area contributed by atoms with Crippen molar-refractivity contribution in [3.63, 3.8) is 0 Å². The van der Waals surface area contributed by atoms with E-state index in [1.165, 1.54) is 16.7 Å². The summed E-state index contributed by atoms with van der Waals surface area (Å²) >= 11 is 0.